The van der Waals surface area contributed by atoms with Crippen molar-refractivity contribution in [1.82, 2.24) is 0 Å². The topological polar surface area (TPSA) is 80.7 Å². The first-order valence-corrected chi connectivity index (χ1v) is 8.36. The van der Waals surface area contributed by atoms with Crippen LogP contribution in [0.1, 0.15) is 0 Å². The highest BCUT2D eigenvalue weighted by Gasteiger charge is 2.22. The first-order valence-electron chi connectivity index (χ1n) is 5.37. The van der Waals surface area contributed by atoms with Crippen LogP contribution in [-0.2, 0) is 18.4 Å². The number of hydrogen-bond acceptors (Lipinski definition) is 6. The predicted octanol–water partition coefficient (Wildman–Crippen LogP) is 1.20. The van der Waals surface area contributed by atoms with Crippen LogP contribution in [-0.4, -0.2) is 38.0 Å². The van der Waals surface area contributed by atoms with Gasteiger partial charge in [0.25, 0.3) is 0 Å². The van der Waals surface area contributed by atoms with Gasteiger partial charge < -0.3 is 9.84 Å². The van der Waals surface area contributed by atoms with Crippen LogP contribution in [0.25, 0.3) is 0 Å². The summed E-state index contributed by atoms with van der Waals surface area (Å²) in [5.41, 5.74) is 0. The monoisotopic (exact) mass is 302 g/mol. The summed E-state index contributed by atoms with van der Waals surface area (Å²) in [6.45, 7) is 3.34. The SMILES string of the molecule is C=CCOC(=O)[C@@H](O)CSS(=O)(=O)c1ccccc1. The Kier molecular flexibility index (Phi) is 6.07. The Labute approximate surface area is 115 Å². The Balaban J connectivity index is 2.57. The summed E-state index contributed by atoms with van der Waals surface area (Å²) in [5, 5.41) is 9.46. The number of esters is 1. The average Bonchev–Trinajstić information content (AvgIpc) is 2.43. The van der Waals surface area contributed by atoms with Crippen LogP contribution >= 0.6 is 10.8 Å². The number of carbonyl (C=O) groups excluding carboxylic acids is 1. The fourth-order valence-electron chi connectivity index (χ4n) is 1.11. The fourth-order valence-corrected chi connectivity index (χ4v) is 3.85. The molecular formula is C12H14O5S2. The minimum Gasteiger partial charge on any atom is -0.460 e. The second-order valence-corrected chi connectivity index (χ2v) is 7.46. The fraction of sp³-hybridized carbons (Fsp3) is 0.250. The van der Waals surface area contributed by atoms with E-state index >= 15 is 0 Å². The molecule has 0 spiro atoms. The Hall–Kier alpha value is -1.31. The van der Waals surface area contributed by atoms with E-state index in [9.17, 15) is 18.3 Å². The van der Waals surface area contributed by atoms with Gasteiger partial charge in [-0.25, -0.2) is 13.2 Å². The summed E-state index contributed by atoms with van der Waals surface area (Å²) in [7, 11) is -3.08. The molecule has 19 heavy (non-hydrogen) atoms. The summed E-state index contributed by atoms with van der Waals surface area (Å²) < 4.78 is 28.3. The third-order valence-corrected chi connectivity index (χ3v) is 5.56. The van der Waals surface area contributed by atoms with Crippen molar-refractivity contribution in [2.24, 2.45) is 0 Å². The summed E-state index contributed by atoms with van der Waals surface area (Å²) in [6.07, 6.45) is -0.123. The predicted molar refractivity (Wildman–Crippen MR) is 73.2 cm³/mol. The highest BCUT2D eigenvalue weighted by atomic mass is 33.1. The van der Waals surface area contributed by atoms with Crippen LogP contribution in [0.5, 0.6) is 0 Å². The third-order valence-electron chi connectivity index (χ3n) is 2.03. The minimum absolute atomic E-state index is 0.0218. The number of carbonyl (C=O) groups is 1. The maximum Gasteiger partial charge on any atom is 0.336 e. The van der Waals surface area contributed by atoms with Gasteiger partial charge in [0.1, 0.15) is 6.61 Å². The van der Waals surface area contributed by atoms with E-state index in [1.807, 2.05) is 0 Å². The van der Waals surface area contributed by atoms with E-state index in [-0.39, 0.29) is 17.3 Å². The van der Waals surface area contributed by atoms with Gasteiger partial charge in [-0.15, -0.1) is 0 Å². The van der Waals surface area contributed by atoms with E-state index in [1.54, 1.807) is 18.2 Å². The van der Waals surface area contributed by atoms with Crippen LogP contribution in [0.4, 0.5) is 0 Å². The summed E-state index contributed by atoms with van der Waals surface area (Å²) in [6, 6.07) is 7.80. The Morgan fingerprint density at radius 3 is 2.63 bits per heavy atom. The normalized spacial score (nSPS) is 12.7. The second kappa shape index (κ2) is 7.32. The molecule has 0 saturated heterocycles. The van der Waals surface area contributed by atoms with Gasteiger partial charge in [0, 0.05) is 5.75 Å². The lowest BCUT2D eigenvalue weighted by molar-refractivity contribution is -0.150. The average molecular weight is 302 g/mol. The van der Waals surface area contributed by atoms with Gasteiger partial charge in [-0.05, 0) is 22.9 Å². The molecule has 1 N–H and O–H groups in total. The van der Waals surface area contributed by atoms with Crippen molar-refractivity contribution < 1.29 is 23.1 Å². The second-order valence-electron chi connectivity index (χ2n) is 3.49. The quantitative estimate of drug-likeness (QED) is 0.463. The molecule has 0 aliphatic heterocycles. The number of aliphatic hydroxyl groups excluding tert-OH is 1. The van der Waals surface area contributed by atoms with Crippen LogP contribution in [0.2, 0.25) is 0 Å². The number of aliphatic hydroxyl groups is 1. The lowest BCUT2D eigenvalue weighted by Crippen LogP contribution is -2.26. The molecule has 0 amide bonds. The van der Waals surface area contributed by atoms with Gasteiger partial charge in [-0.3, -0.25) is 0 Å². The number of rotatable bonds is 7. The molecule has 0 aromatic heterocycles. The molecule has 104 valence electrons. The molecule has 0 unspecified atom stereocenters. The zero-order valence-electron chi connectivity index (χ0n) is 10.1. The van der Waals surface area contributed by atoms with E-state index in [0.29, 0.717) is 10.8 Å². The van der Waals surface area contributed by atoms with Crippen LogP contribution in [0.15, 0.2) is 47.9 Å². The Bertz CT molecular complexity index is 524. The smallest absolute Gasteiger partial charge is 0.336 e. The van der Waals surface area contributed by atoms with Crippen LogP contribution < -0.4 is 0 Å². The van der Waals surface area contributed by atoms with Crippen molar-refractivity contribution in [2.45, 2.75) is 11.0 Å². The maximum absolute atomic E-state index is 11.9. The molecule has 1 rings (SSSR count). The van der Waals surface area contributed by atoms with E-state index in [4.69, 9.17) is 0 Å². The minimum atomic E-state index is -3.58. The molecule has 0 heterocycles. The lowest BCUT2D eigenvalue weighted by atomic mass is 10.4. The van der Waals surface area contributed by atoms with Crippen LogP contribution in [0.3, 0.4) is 0 Å². The van der Waals surface area contributed by atoms with Crippen molar-refractivity contribution in [3.8, 4) is 0 Å². The van der Waals surface area contributed by atoms with Crippen molar-refractivity contribution in [1.29, 1.82) is 0 Å². The van der Waals surface area contributed by atoms with Crippen LogP contribution in [0, 0.1) is 0 Å². The molecule has 1 aromatic carbocycles. The highest BCUT2D eigenvalue weighted by Crippen LogP contribution is 2.23. The van der Waals surface area contributed by atoms with Crippen molar-refractivity contribution >= 4 is 25.6 Å². The molecule has 0 aliphatic rings. The highest BCUT2D eigenvalue weighted by molar-refractivity contribution is 8.72. The first kappa shape index (κ1) is 15.7. The molecule has 5 nitrogen and oxygen atoms in total. The van der Waals surface area contributed by atoms with Gasteiger partial charge in [0.2, 0.25) is 8.87 Å². The zero-order chi connectivity index (χ0) is 14.3. The molecule has 1 aromatic rings. The number of benzene rings is 1. The molecule has 0 fully saturated rings. The first-order chi connectivity index (χ1) is 8.97. The van der Waals surface area contributed by atoms with E-state index in [1.165, 1.54) is 18.2 Å². The standard InChI is InChI=1S/C12H14O5S2/c1-2-8-17-12(14)11(13)9-18-19(15,16)10-6-4-3-5-7-10/h2-7,11,13H,1,8-9H2/t11-/m0/s1. The van der Waals surface area contributed by atoms with Crippen molar-refractivity contribution in [3.05, 3.63) is 43.0 Å². The molecular weight excluding hydrogens is 288 g/mol. The maximum atomic E-state index is 11.9. The van der Waals surface area contributed by atoms with E-state index in [0.717, 1.165) is 0 Å². The number of ether oxygens (including phenoxy) is 1. The lowest BCUT2D eigenvalue weighted by Gasteiger charge is -2.09. The molecule has 0 saturated carbocycles. The summed E-state index contributed by atoms with van der Waals surface area (Å²) >= 11 is 0. The molecule has 0 bridgehead atoms. The van der Waals surface area contributed by atoms with E-state index < -0.39 is 20.9 Å². The molecule has 7 heteroatoms. The van der Waals surface area contributed by atoms with Gasteiger partial charge in [-0.2, -0.15) is 0 Å². The third kappa shape index (κ3) is 5.06. The van der Waals surface area contributed by atoms with Gasteiger partial charge in [0.15, 0.2) is 6.10 Å². The zero-order valence-corrected chi connectivity index (χ0v) is 11.7. The van der Waals surface area contributed by atoms with Gasteiger partial charge in [-0.1, -0.05) is 30.9 Å². The van der Waals surface area contributed by atoms with Gasteiger partial charge in [0.05, 0.1) is 4.90 Å². The molecule has 0 aliphatic carbocycles. The van der Waals surface area contributed by atoms with Gasteiger partial charge >= 0.3 is 5.97 Å². The van der Waals surface area contributed by atoms with E-state index in [2.05, 4.69) is 11.3 Å². The largest absolute Gasteiger partial charge is 0.460 e. The Morgan fingerprint density at radius 1 is 1.42 bits per heavy atom. The summed E-state index contributed by atoms with van der Waals surface area (Å²) in [4.78, 5) is 11.4. The molecule has 1 atom stereocenters. The van der Waals surface area contributed by atoms with Crippen molar-refractivity contribution in [2.75, 3.05) is 12.4 Å². The Morgan fingerprint density at radius 2 is 2.05 bits per heavy atom. The molecule has 0 radical (unpaired) electrons. The number of hydrogen-bond donors (Lipinski definition) is 1. The summed E-state index contributed by atoms with van der Waals surface area (Å²) in [5.74, 6) is -1.15. The van der Waals surface area contributed by atoms with Crippen molar-refractivity contribution in [3.63, 3.8) is 0 Å².